The topological polar surface area (TPSA) is 50.4 Å². The number of hydrogen-bond donors (Lipinski definition) is 2. The number of carbonyl (C=O) groups excluding carboxylic acids is 1. The second-order valence-electron chi connectivity index (χ2n) is 3.12. The van der Waals surface area contributed by atoms with E-state index in [1.54, 1.807) is 24.3 Å². The average Bonchev–Trinajstić information content (AvgIpc) is 2.34. The molecule has 0 atom stereocenters. The highest BCUT2D eigenvalue weighted by Crippen LogP contribution is 2.14. The highest BCUT2D eigenvalue weighted by atomic mass is 35.5. The van der Waals surface area contributed by atoms with Gasteiger partial charge < -0.3 is 15.4 Å². The van der Waals surface area contributed by atoms with E-state index >= 15 is 0 Å². The van der Waals surface area contributed by atoms with E-state index < -0.39 is 0 Å². The van der Waals surface area contributed by atoms with Crippen LogP contribution in [-0.2, 0) is 0 Å². The van der Waals surface area contributed by atoms with E-state index in [1.807, 2.05) is 0 Å². The first-order chi connectivity index (χ1) is 8.22. The number of benzene rings is 1. The summed E-state index contributed by atoms with van der Waals surface area (Å²) in [6.07, 6.45) is 4.99. The van der Waals surface area contributed by atoms with Crippen LogP contribution in [0.5, 0.6) is 5.75 Å². The second-order valence-corrected chi connectivity index (χ2v) is 3.55. The molecule has 0 radical (unpaired) electrons. The minimum absolute atomic E-state index is 0.212. The van der Waals surface area contributed by atoms with Crippen LogP contribution in [0.4, 0.5) is 4.79 Å². The number of amides is 2. The molecule has 0 aromatic heterocycles. The quantitative estimate of drug-likeness (QED) is 0.619. The standard InChI is InChI=1S/C12H13ClN2O2/c1-2-7-14-12(16)15-8-9-17-11-5-3-10(13)4-6-11/h1,3-6H,7-9H2,(H2,14,15,16). The maximum absolute atomic E-state index is 11.1. The van der Waals surface area contributed by atoms with E-state index in [2.05, 4.69) is 16.6 Å². The number of hydrogen-bond acceptors (Lipinski definition) is 2. The Balaban J connectivity index is 2.14. The van der Waals surface area contributed by atoms with Gasteiger partial charge in [-0.2, -0.15) is 0 Å². The van der Waals surface area contributed by atoms with Crippen LogP contribution >= 0.6 is 11.6 Å². The van der Waals surface area contributed by atoms with Crippen molar-refractivity contribution in [2.75, 3.05) is 19.7 Å². The summed E-state index contributed by atoms with van der Waals surface area (Å²) in [6, 6.07) is 6.71. The highest BCUT2D eigenvalue weighted by Gasteiger charge is 1.97. The van der Waals surface area contributed by atoms with E-state index in [9.17, 15) is 4.79 Å². The molecule has 1 rings (SSSR count). The Bertz CT molecular complexity index is 398. The van der Waals surface area contributed by atoms with Gasteiger partial charge in [0.05, 0.1) is 13.1 Å². The third kappa shape index (κ3) is 5.69. The van der Waals surface area contributed by atoms with Gasteiger partial charge in [-0.05, 0) is 24.3 Å². The lowest BCUT2D eigenvalue weighted by molar-refractivity contribution is 0.237. The van der Waals surface area contributed by atoms with Crippen molar-refractivity contribution >= 4 is 17.6 Å². The van der Waals surface area contributed by atoms with Gasteiger partial charge in [-0.1, -0.05) is 17.5 Å². The Morgan fingerprint density at radius 3 is 2.71 bits per heavy atom. The van der Waals surface area contributed by atoms with Crippen molar-refractivity contribution in [3.05, 3.63) is 29.3 Å². The lowest BCUT2D eigenvalue weighted by Gasteiger charge is -2.07. The van der Waals surface area contributed by atoms with Crippen LogP contribution in [0.2, 0.25) is 5.02 Å². The molecule has 0 fully saturated rings. The molecule has 0 aliphatic carbocycles. The van der Waals surface area contributed by atoms with Gasteiger partial charge in [-0.15, -0.1) is 6.42 Å². The van der Waals surface area contributed by atoms with Gasteiger partial charge in [0.15, 0.2) is 0 Å². The molecule has 17 heavy (non-hydrogen) atoms. The van der Waals surface area contributed by atoms with Crippen LogP contribution < -0.4 is 15.4 Å². The zero-order chi connectivity index (χ0) is 12.5. The number of terminal acetylenes is 1. The van der Waals surface area contributed by atoms with E-state index in [-0.39, 0.29) is 12.6 Å². The fourth-order valence-corrected chi connectivity index (χ4v) is 1.18. The zero-order valence-electron chi connectivity index (χ0n) is 9.20. The zero-order valence-corrected chi connectivity index (χ0v) is 9.96. The number of nitrogens with one attached hydrogen (secondary N) is 2. The molecule has 0 saturated carbocycles. The Kier molecular flexibility index (Phi) is 5.76. The molecular formula is C12H13ClN2O2. The molecule has 0 saturated heterocycles. The lowest BCUT2D eigenvalue weighted by atomic mass is 10.3. The van der Waals surface area contributed by atoms with Crippen LogP contribution in [0.15, 0.2) is 24.3 Å². The summed E-state index contributed by atoms with van der Waals surface area (Å²) in [5.41, 5.74) is 0. The molecule has 2 amide bonds. The predicted octanol–water partition coefficient (Wildman–Crippen LogP) is 1.65. The third-order valence-electron chi connectivity index (χ3n) is 1.82. The second kappa shape index (κ2) is 7.42. The normalized spacial score (nSPS) is 9.18. The van der Waals surface area contributed by atoms with Crippen LogP contribution in [0.1, 0.15) is 0 Å². The summed E-state index contributed by atoms with van der Waals surface area (Å²) in [5, 5.41) is 5.74. The van der Waals surface area contributed by atoms with Crippen LogP contribution in [0.3, 0.4) is 0 Å². The van der Waals surface area contributed by atoms with Gasteiger partial charge in [0, 0.05) is 5.02 Å². The van der Waals surface area contributed by atoms with Crippen LogP contribution in [-0.4, -0.2) is 25.7 Å². The minimum atomic E-state index is -0.303. The molecule has 0 aliphatic heterocycles. The maximum Gasteiger partial charge on any atom is 0.315 e. The molecule has 5 heteroatoms. The van der Waals surface area contributed by atoms with Gasteiger partial charge in [-0.25, -0.2) is 4.79 Å². The molecule has 2 N–H and O–H groups in total. The molecule has 0 aliphatic rings. The minimum Gasteiger partial charge on any atom is -0.492 e. The fourth-order valence-electron chi connectivity index (χ4n) is 1.06. The van der Waals surface area contributed by atoms with Crippen molar-refractivity contribution in [2.24, 2.45) is 0 Å². The number of urea groups is 1. The fraction of sp³-hybridized carbons (Fsp3) is 0.250. The van der Waals surface area contributed by atoms with Crippen molar-refractivity contribution in [1.82, 2.24) is 10.6 Å². The van der Waals surface area contributed by atoms with Gasteiger partial charge in [0.25, 0.3) is 0 Å². The van der Waals surface area contributed by atoms with Crippen molar-refractivity contribution in [2.45, 2.75) is 0 Å². The highest BCUT2D eigenvalue weighted by molar-refractivity contribution is 6.30. The monoisotopic (exact) mass is 252 g/mol. The van der Waals surface area contributed by atoms with Crippen molar-refractivity contribution in [3.63, 3.8) is 0 Å². The van der Waals surface area contributed by atoms with Gasteiger partial charge >= 0.3 is 6.03 Å². The van der Waals surface area contributed by atoms with Crippen molar-refractivity contribution < 1.29 is 9.53 Å². The molecular weight excluding hydrogens is 240 g/mol. The number of rotatable bonds is 5. The van der Waals surface area contributed by atoms with Gasteiger partial charge in [0.1, 0.15) is 12.4 Å². The Labute approximate surface area is 105 Å². The molecule has 4 nitrogen and oxygen atoms in total. The first kappa shape index (κ1) is 13.2. The average molecular weight is 253 g/mol. The Morgan fingerprint density at radius 2 is 2.06 bits per heavy atom. The van der Waals surface area contributed by atoms with E-state index in [0.29, 0.717) is 23.9 Å². The summed E-state index contributed by atoms with van der Waals surface area (Å²) in [4.78, 5) is 11.1. The SMILES string of the molecule is C#CCNC(=O)NCCOc1ccc(Cl)cc1. The maximum atomic E-state index is 11.1. The molecule has 1 aromatic carbocycles. The smallest absolute Gasteiger partial charge is 0.315 e. The van der Waals surface area contributed by atoms with E-state index in [1.165, 1.54) is 0 Å². The first-order valence-corrected chi connectivity index (χ1v) is 5.43. The molecule has 1 aromatic rings. The largest absolute Gasteiger partial charge is 0.492 e. The summed E-state index contributed by atoms with van der Waals surface area (Å²) in [5.74, 6) is 3.01. The van der Waals surface area contributed by atoms with Crippen LogP contribution in [0, 0.1) is 12.3 Å². The molecule has 0 spiro atoms. The van der Waals surface area contributed by atoms with Gasteiger partial charge in [-0.3, -0.25) is 0 Å². The van der Waals surface area contributed by atoms with E-state index in [4.69, 9.17) is 22.8 Å². The van der Waals surface area contributed by atoms with Crippen molar-refractivity contribution in [3.8, 4) is 18.1 Å². The molecule has 0 heterocycles. The summed E-state index contributed by atoms with van der Waals surface area (Å²) >= 11 is 5.73. The summed E-state index contributed by atoms with van der Waals surface area (Å²) in [7, 11) is 0. The summed E-state index contributed by atoms with van der Waals surface area (Å²) < 4.78 is 5.37. The Morgan fingerprint density at radius 1 is 1.35 bits per heavy atom. The molecule has 0 unspecified atom stereocenters. The predicted molar refractivity (Wildman–Crippen MR) is 67.2 cm³/mol. The number of carbonyl (C=O) groups is 1. The van der Waals surface area contributed by atoms with Gasteiger partial charge in [0.2, 0.25) is 0 Å². The number of halogens is 1. The number of ether oxygens (including phenoxy) is 1. The third-order valence-corrected chi connectivity index (χ3v) is 2.07. The Hall–Kier alpha value is -1.86. The van der Waals surface area contributed by atoms with Crippen LogP contribution in [0.25, 0.3) is 0 Å². The molecule has 90 valence electrons. The van der Waals surface area contributed by atoms with E-state index in [0.717, 1.165) is 0 Å². The molecule has 0 bridgehead atoms. The lowest BCUT2D eigenvalue weighted by Crippen LogP contribution is -2.37. The first-order valence-electron chi connectivity index (χ1n) is 5.06. The van der Waals surface area contributed by atoms with Crippen molar-refractivity contribution in [1.29, 1.82) is 0 Å². The summed E-state index contributed by atoms with van der Waals surface area (Å²) in [6.45, 7) is 0.994.